The fourth-order valence-corrected chi connectivity index (χ4v) is 0.860. The first-order chi connectivity index (χ1) is 3.41. The van der Waals surface area contributed by atoms with Gasteiger partial charge in [0.05, 0.1) is 0 Å². The molecule has 8 heavy (non-hydrogen) atoms. The summed E-state index contributed by atoms with van der Waals surface area (Å²) in [4.78, 5) is 0. The Kier molecular flexibility index (Phi) is 15.6. The normalized spacial score (nSPS) is 8.12. The first kappa shape index (κ1) is 11.6. The molecular weight excluding hydrogens is 135 g/mol. The van der Waals surface area contributed by atoms with E-state index in [2.05, 4.69) is 23.2 Å². The van der Waals surface area contributed by atoms with Gasteiger partial charge in [-0.25, -0.2) is 0 Å². The lowest BCUT2D eigenvalue weighted by Gasteiger charge is -1.91. The minimum absolute atomic E-state index is 0. The van der Waals surface area contributed by atoms with Crippen LogP contribution in [0.25, 0.3) is 0 Å². The van der Waals surface area contributed by atoms with E-state index in [9.17, 15) is 0 Å². The van der Waals surface area contributed by atoms with Crippen molar-refractivity contribution in [2.75, 3.05) is 0 Å². The van der Waals surface area contributed by atoms with Gasteiger partial charge in [-0.3, -0.25) is 0 Å². The summed E-state index contributed by atoms with van der Waals surface area (Å²) in [7, 11) is 0. The van der Waals surface area contributed by atoms with Crippen LogP contribution < -0.4 is 0 Å². The minimum Gasteiger partial charge on any atom is -0.147 e. The Labute approximate surface area is 66.9 Å². The van der Waals surface area contributed by atoms with E-state index in [1.165, 1.54) is 31.0 Å². The number of rotatable bonds is 4. The van der Waals surface area contributed by atoms with E-state index >= 15 is 0 Å². The standard InChI is InChI=1S/C6H13.Al.ClH/c1-3-5-6-4-2;;/h1,3-6H2,2H3;;1H. The van der Waals surface area contributed by atoms with Crippen LogP contribution in [0.15, 0.2) is 0 Å². The molecule has 2 heteroatoms. The SMILES string of the molecule is CCCCC[CH2][Al].Cl. The molecule has 0 unspecified atom stereocenters. The van der Waals surface area contributed by atoms with Crippen LogP contribution in [0, 0.1) is 0 Å². The summed E-state index contributed by atoms with van der Waals surface area (Å²) in [6.45, 7) is 2.24. The van der Waals surface area contributed by atoms with Crippen LogP contribution >= 0.6 is 12.4 Å². The van der Waals surface area contributed by atoms with E-state index in [0.29, 0.717) is 0 Å². The largest absolute Gasteiger partial charge is 0.147 e. The Bertz CT molecular complexity index is 27.7. The highest BCUT2D eigenvalue weighted by molar-refractivity contribution is 6.08. The first-order valence-electron chi connectivity index (χ1n) is 3.12. The average molecular weight is 149 g/mol. The Morgan fingerprint density at radius 1 is 1.12 bits per heavy atom. The van der Waals surface area contributed by atoms with Crippen molar-refractivity contribution < 1.29 is 0 Å². The maximum Gasteiger partial charge on any atom is 0.118 e. The van der Waals surface area contributed by atoms with Gasteiger partial charge in [0.2, 0.25) is 0 Å². The van der Waals surface area contributed by atoms with E-state index in [1.807, 2.05) is 0 Å². The molecule has 0 nitrogen and oxygen atoms in total. The molecule has 0 amide bonds. The second-order valence-corrected chi connectivity index (χ2v) is 2.43. The first-order valence-corrected chi connectivity index (χ1v) is 3.93. The maximum atomic E-state index is 2.75. The Hall–Kier alpha value is 0.822. The number of unbranched alkanes of at least 4 members (excludes halogenated alkanes) is 3. The van der Waals surface area contributed by atoms with Gasteiger partial charge in [0.25, 0.3) is 0 Å². The molecule has 0 aliphatic carbocycles. The van der Waals surface area contributed by atoms with Gasteiger partial charge in [-0.2, -0.15) is 0 Å². The molecule has 48 valence electrons. The van der Waals surface area contributed by atoms with Crippen molar-refractivity contribution in [1.29, 1.82) is 0 Å². The van der Waals surface area contributed by atoms with Crippen LogP contribution in [-0.2, 0) is 0 Å². The van der Waals surface area contributed by atoms with Crippen LogP contribution in [0.4, 0.5) is 0 Å². The summed E-state index contributed by atoms with van der Waals surface area (Å²) in [6, 6.07) is 0. The molecule has 0 N–H and O–H groups in total. The zero-order valence-electron chi connectivity index (χ0n) is 5.52. The molecule has 0 aliphatic rings. The lowest BCUT2D eigenvalue weighted by molar-refractivity contribution is 0.701. The van der Waals surface area contributed by atoms with Gasteiger partial charge in [0, 0.05) is 0 Å². The predicted octanol–water partition coefficient (Wildman–Crippen LogP) is 2.58. The van der Waals surface area contributed by atoms with E-state index in [0.717, 1.165) is 0 Å². The molecule has 0 heterocycles. The molecule has 0 bridgehead atoms. The lowest BCUT2D eigenvalue weighted by Crippen LogP contribution is -1.72. The van der Waals surface area contributed by atoms with Crippen molar-refractivity contribution in [3.63, 3.8) is 0 Å². The highest BCUT2D eigenvalue weighted by Gasteiger charge is 1.79. The summed E-state index contributed by atoms with van der Waals surface area (Å²) >= 11 is 2.75. The van der Waals surface area contributed by atoms with E-state index in [-0.39, 0.29) is 12.4 Å². The van der Waals surface area contributed by atoms with Crippen molar-refractivity contribution in [3.8, 4) is 0 Å². The quantitative estimate of drug-likeness (QED) is 0.425. The summed E-state index contributed by atoms with van der Waals surface area (Å²) in [5.74, 6) is 0. The Balaban J connectivity index is 0. The van der Waals surface area contributed by atoms with Crippen LogP contribution in [0.5, 0.6) is 0 Å². The third-order valence-electron chi connectivity index (χ3n) is 1.06. The Morgan fingerprint density at radius 2 is 1.75 bits per heavy atom. The summed E-state index contributed by atoms with van der Waals surface area (Å²) in [5.41, 5.74) is 0. The van der Waals surface area contributed by atoms with E-state index in [1.54, 1.807) is 0 Å². The van der Waals surface area contributed by atoms with Crippen molar-refractivity contribution in [2.24, 2.45) is 0 Å². The molecule has 0 saturated carbocycles. The van der Waals surface area contributed by atoms with Crippen LogP contribution in [0.1, 0.15) is 32.6 Å². The summed E-state index contributed by atoms with van der Waals surface area (Å²) in [6.07, 6.45) is 5.57. The van der Waals surface area contributed by atoms with Gasteiger partial charge in [-0.15, -0.1) is 17.7 Å². The molecule has 0 spiro atoms. The molecule has 0 aromatic heterocycles. The number of halogens is 1. The van der Waals surface area contributed by atoms with Crippen LogP contribution in [0.2, 0.25) is 5.28 Å². The van der Waals surface area contributed by atoms with Crippen LogP contribution in [-0.4, -0.2) is 16.3 Å². The molecular formula is C6H14AlCl. The molecule has 0 atom stereocenters. The van der Waals surface area contributed by atoms with Crippen molar-refractivity contribution in [2.45, 2.75) is 37.9 Å². The Morgan fingerprint density at radius 3 is 2.12 bits per heavy atom. The second-order valence-electron chi connectivity index (χ2n) is 1.85. The summed E-state index contributed by atoms with van der Waals surface area (Å²) < 4.78 is 0. The molecule has 0 saturated heterocycles. The van der Waals surface area contributed by atoms with Crippen molar-refractivity contribution in [1.82, 2.24) is 0 Å². The highest BCUT2D eigenvalue weighted by Crippen LogP contribution is 1.99. The highest BCUT2D eigenvalue weighted by atomic mass is 35.5. The molecule has 0 aromatic rings. The third kappa shape index (κ3) is 9.95. The van der Waals surface area contributed by atoms with Gasteiger partial charge in [0.15, 0.2) is 0 Å². The van der Waals surface area contributed by atoms with Crippen LogP contribution in [0.3, 0.4) is 0 Å². The minimum atomic E-state index is 0. The van der Waals surface area contributed by atoms with E-state index in [4.69, 9.17) is 0 Å². The topological polar surface area (TPSA) is 0 Å². The van der Waals surface area contributed by atoms with Gasteiger partial charge in [-0.1, -0.05) is 32.6 Å². The monoisotopic (exact) mass is 148 g/mol. The smallest absolute Gasteiger partial charge is 0.118 e. The summed E-state index contributed by atoms with van der Waals surface area (Å²) in [5, 5.41) is 1.28. The van der Waals surface area contributed by atoms with Gasteiger partial charge >= 0.3 is 0 Å². The number of hydrogen-bond acceptors (Lipinski definition) is 0. The predicted molar refractivity (Wildman–Crippen MR) is 42.0 cm³/mol. The van der Waals surface area contributed by atoms with Gasteiger partial charge in [0.1, 0.15) is 16.3 Å². The molecule has 0 aliphatic heterocycles. The van der Waals surface area contributed by atoms with Crippen molar-refractivity contribution >= 4 is 28.7 Å². The molecule has 0 aromatic carbocycles. The number of hydrogen-bond donors (Lipinski definition) is 0. The fraction of sp³-hybridized carbons (Fsp3) is 1.00. The zero-order chi connectivity index (χ0) is 5.54. The maximum absolute atomic E-state index is 2.75. The second kappa shape index (κ2) is 10.7. The zero-order valence-corrected chi connectivity index (χ0v) is 7.49. The molecule has 0 fully saturated rings. The van der Waals surface area contributed by atoms with Gasteiger partial charge in [-0.05, 0) is 0 Å². The fourth-order valence-electron chi connectivity index (χ4n) is 0.571. The average Bonchev–Trinajstić information content (AvgIpc) is 1.69. The van der Waals surface area contributed by atoms with Gasteiger partial charge < -0.3 is 0 Å². The lowest BCUT2D eigenvalue weighted by atomic mass is 10.2. The van der Waals surface area contributed by atoms with E-state index < -0.39 is 0 Å². The van der Waals surface area contributed by atoms with Crippen molar-refractivity contribution in [3.05, 3.63) is 0 Å². The molecule has 0 rings (SSSR count). The molecule has 2 radical (unpaired) electrons. The third-order valence-corrected chi connectivity index (χ3v) is 1.47.